The van der Waals surface area contributed by atoms with Crippen molar-refractivity contribution in [2.45, 2.75) is 50.7 Å². The maximum absolute atomic E-state index is 12.4. The summed E-state index contributed by atoms with van der Waals surface area (Å²) in [5.74, 6) is 1.73. The van der Waals surface area contributed by atoms with Gasteiger partial charge in [-0.3, -0.25) is 0 Å². The van der Waals surface area contributed by atoms with Crippen molar-refractivity contribution in [3.63, 3.8) is 0 Å². The zero-order valence-electron chi connectivity index (χ0n) is 13.7. The minimum absolute atomic E-state index is 0.0230. The number of likely N-dealkylation sites (tertiary alicyclic amines) is 1. The van der Waals surface area contributed by atoms with Crippen molar-refractivity contribution < 1.29 is 19.1 Å². The van der Waals surface area contributed by atoms with Crippen LogP contribution in [0.15, 0.2) is 16.5 Å². The van der Waals surface area contributed by atoms with E-state index in [1.165, 1.54) is 0 Å². The Morgan fingerprint density at radius 3 is 2.91 bits per heavy atom. The van der Waals surface area contributed by atoms with Crippen molar-refractivity contribution in [3.8, 4) is 0 Å². The summed E-state index contributed by atoms with van der Waals surface area (Å²) in [5.41, 5.74) is -0.700. The lowest BCUT2D eigenvalue weighted by Gasteiger charge is -2.32. The number of nitrogens with one attached hydrogen (secondary N) is 1. The monoisotopic (exact) mass is 322 g/mol. The molecule has 6 nitrogen and oxygen atoms in total. The molecule has 1 unspecified atom stereocenters. The van der Waals surface area contributed by atoms with Crippen LogP contribution in [-0.2, 0) is 4.74 Å². The van der Waals surface area contributed by atoms with E-state index in [-0.39, 0.29) is 12.1 Å². The second-order valence-electron chi connectivity index (χ2n) is 6.62. The normalized spacial score (nSPS) is 23.9. The number of rotatable bonds is 4. The molecule has 128 valence electrons. The third kappa shape index (κ3) is 3.87. The number of aryl methyl sites for hydroxylation is 1. The molecule has 0 radical (unpaired) electrons. The number of hydrogen-bond donors (Lipinski definition) is 2. The zero-order valence-corrected chi connectivity index (χ0v) is 13.7. The van der Waals surface area contributed by atoms with E-state index < -0.39 is 5.60 Å². The predicted octanol–water partition coefficient (Wildman–Crippen LogP) is 2.37. The van der Waals surface area contributed by atoms with Crippen molar-refractivity contribution in [3.05, 3.63) is 23.7 Å². The molecule has 2 amide bonds. The van der Waals surface area contributed by atoms with E-state index >= 15 is 0 Å². The van der Waals surface area contributed by atoms with Gasteiger partial charge in [-0.1, -0.05) is 0 Å². The third-order valence-electron chi connectivity index (χ3n) is 4.89. The molecular formula is C17H26N2O4. The number of carbonyl (C=O) groups is 1. The number of carbonyl (C=O) groups excluding carboxylic acids is 1. The summed E-state index contributed by atoms with van der Waals surface area (Å²) in [6, 6.07) is 3.84. The summed E-state index contributed by atoms with van der Waals surface area (Å²) in [4.78, 5) is 14.3. The number of furan rings is 1. The van der Waals surface area contributed by atoms with Crippen LogP contribution in [0, 0.1) is 6.92 Å². The standard InChI is InChI=1S/C17H26N2O4/c1-13-4-5-15(23-13)14-3-2-10-19(14)16(20)18-9-6-17(21)7-11-22-12-8-17/h4-5,14,21H,2-3,6-12H2,1H3,(H,18,20). The molecule has 0 saturated carbocycles. The van der Waals surface area contributed by atoms with E-state index in [9.17, 15) is 9.90 Å². The molecule has 0 aliphatic carbocycles. The van der Waals surface area contributed by atoms with Crippen LogP contribution >= 0.6 is 0 Å². The molecule has 0 spiro atoms. The molecule has 1 aromatic rings. The molecule has 2 aliphatic heterocycles. The first kappa shape index (κ1) is 16.3. The Hall–Kier alpha value is -1.53. The number of aliphatic hydroxyl groups is 1. The fourth-order valence-corrected chi connectivity index (χ4v) is 3.44. The maximum atomic E-state index is 12.4. The predicted molar refractivity (Wildman–Crippen MR) is 85.1 cm³/mol. The Labute approximate surface area is 136 Å². The van der Waals surface area contributed by atoms with E-state index in [2.05, 4.69) is 5.32 Å². The molecule has 2 saturated heterocycles. The first-order chi connectivity index (χ1) is 11.1. The van der Waals surface area contributed by atoms with Crippen LogP contribution in [0.1, 0.15) is 49.7 Å². The van der Waals surface area contributed by atoms with Gasteiger partial charge in [0, 0.05) is 26.3 Å². The summed E-state index contributed by atoms with van der Waals surface area (Å²) in [6.45, 7) is 4.33. The number of nitrogens with zero attached hydrogens (tertiary/aromatic N) is 1. The van der Waals surface area contributed by atoms with Crippen LogP contribution in [0.4, 0.5) is 4.79 Å². The van der Waals surface area contributed by atoms with Gasteiger partial charge in [-0.05, 0) is 51.2 Å². The number of amides is 2. The second kappa shape index (κ2) is 6.93. The van der Waals surface area contributed by atoms with Gasteiger partial charge in [0.1, 0.15) is 11.5 Å². The van der Waals surface area contributed by atoms with Crippen molar-refractivity contribution in [2.75, 3.05) is 26.3 Å². The average molecular weight is 322 g/mol. The van der Waals surface area contributed by atoms with Gasteiger partial charge < -0.3 is 24.5 Å². The van der Waals surface area contributed by atoms with Gasteiger partial charge in [0.2, 0.25) is 0 Å². The van der Waals surface area contributed by atoms with Crippen molar-refractivity contribution >= 4 is 6.03 Å². The van der Waals surface area contributed by atoms with E-state index in [4.69, 9.17) is 9.15 Å². The van der Waals surface area contributed by atoms with Gasteiger partial charge in [-0.15, -0.1) is 0 Å². The summed E-state index contributed by atoms with van der Waals surface area (Å²) < 4.78 is 11.0. The lowest BCUT2D eigenvalue weighted by Crippen LogP contribution is -2.43. The van der Waals surface area contributed by atoms with Gasteiger partial charge in [0.05, 0.1) is 11.6 Å². The lowest BCUT2D eigenvalue weighted by molar-refractivity contribution is -0.0670. The average Bonchev–Trinajstić information content (AvgIpc) is 3.16. The largest absolute Gasteiger partial charge is 0.464 e. The van der Waals surface area contributed by atoms with Crippen molar-refractivity contribution in [2.24, 2.45) is 0 Å². The van der Waals surface area contributed by atoms with Crippen LogP contribution in [-0.4, -0.2) is 47.9 Å². The molecule has 6 heteroatoms. The topological polar surface area (TPSA) is 74.9 Å². The smallest absolute Gasteiger partial charge is 0.318 e. The van der Waals surface area contributed by atoms with Gasteiger partial charge >= 0.3 is 6.03 Å². The molecule has 3 rings (SSSR count). The van der Waals surface area contributed by atoms with Gasteiger partial charge in [0.15, 0.2) is 0 Å². The highest BCUT2D eigenvalue weighted by Crippen LogP contribution is 2.33. The van der Waals surface area contributed by atoms with Gasteiger partial charge in [0.25, 0.3) is 0 Å². The second-order valence-corrected chi connectivity index (χ2v) is 6.62. The van der Waals surface area contributed by atoms with Crippen LogP contribution in [0.3, 0.4) is 0 Å². The summed E-state index contributed by atoms with van der Waals surface area (Å²) in [7, 11) is 0. The maximum Gasteiger partial charge on any atom is 0.318 e. The molecule has 1 atom stereocenters. The minimum atomic E-state index is -0.700. The molecule has 0 bridgehead atoms. The van der Waals surface area contributed by atoms with Crippen molar-refractivity contribution in [1.82, 2.24) is 10.2 Å². The highest BCUT2D eigenvalue weighted by molar-refractivity contribution is 5.75. The van der Waals surface area contributed by atoms with Crippen molar-refractivity contribution in [1.29, 1.82) is 0 Å². The summed E-state index contributed by atoms with van der Waals surface area (Å²) >= 11 is 0. The fraction of sp³-hybridized carbons (Fsp3) is 0.706. The van der Waals surface area contributed by atoms with E-state index in [0.717, 1.165) is 30.9 Å². The SMILES string of the molecule is Cc1ccc(C2CCCN2C(=O)NCCC2(O)CCOCC2)o1. The fourth-order valence-electron chi connectivity index (χ4n) is 3.44. The van der Waals surface area contributed by atoms with E-state index in [1.54, 1.807) is 0 Å². The molecule has 23 heavy (non-hydrogen) atoms. The van der Waals surface area contributed by atoms with Gasteiger partial charge in [-0.25, -0.2) is 4.79 Å². The molecule has 1 aromatic heterocycles. The number of urea groups is 1. The zero-order chi connectivity index (χ0) is 16.3. The summed E-state index contributed by atoms with van der Waals surface area (Å²) in [6.07, 6.45) is 3.77. The van der Waals surface area contributed by atoms with Gasteiger partial charge in [-0.2, -0.15) is 0 Å². The molecule has 2 aliphatic rings. The Kier molecular flexibility index (Phi) is 4.92. The third-order valence-corrected chi connectivity index (χ3v) is 4.89. The highest BCUT2D eigenvalue weighted by Gasteiger charge is 2.33. The first-order valence-corrected chi connectivity index (χ1v) is 8.48. The van der Waals surface area contributed by atoms with Crippen LogP contribution < -0.4 is 5.32 Å². The quantitative estimate of drug-likeness (QED) is 0.892. The van der Waals surface area contributed by atoms with Crippen LogP contribution in [0.25, 0.3) is 0 Å². The Balaban J connectivity index is 1.51. The molecule has 0 aromatic carbocycles. The first-order valence-electron chi connectivity index (χ1n) is 8.48. The molecular weight excluding hydrogens is 296 g/mol. The molecule has 2 N–H and O–H groups in total. The summed E-state index contributed by atoms with van der Waals surface area (Å²) in [5, 5.41) is 13.4. The van der Waals surface area contributed by atoms with Crippen LogP contribution in [0.5, 0.6) is 0 Å². The van der Waals surface area contributed by atoms with E-state index in [0.29, 0.717) is 39.0 Å². The Bertz CT molecular complexity index is 536. The Morgan fingerprint density at radius 1 is 1.43 bits per heavy atom. The van der Waals surface area contributed by atoms with Crippen LogP contribution in [0.2, 0.25) is 0 Å². The minimum Gasteiger partial charge on any atom is -0.464 e. The number of ether oxygens (including phenoxy) is 1. The van der Waals surface area contributed by atoms with E-state index in [1.807, 2.05) is 24.0 Å². The number of hydrogen-bond acceptors (Lipinski definition) is 4. The lowest BCUT2D eigenvalue weighted by atomic mass is 9.91. The highest BCUT2D eigenvalue weighted by atomic mass is 16.5. The molecule has 3 heterocycles. The Morgan fingerprint density at radius 2 is 2.22 bits per heavy atom. The molecule has 2 fully saturated rings.